The quantitative estimate of drug-likeness (QED) is 0.678. The Morgan fingerprint density at radius 3 is 2.11 bits per heavy atom. The largest absolute Gasteiger partial charge is 0.392 e. The van der Waals surface area contributed by atoms with Gasteiger partial charge in [-0.15, -0.1) is 0 Å². The Morgan fingerprint density at radius 1 is 1.11 bits per heavy atom. The zero-order valence-corrected chi connectivity index (χ0v) is 13.7. The second-order valence-electron chi connectivity index (χ2n) is 8.51. The minimum atomic E-state index is -0.262. The molecule has 19 heavy (non-hydrogen) atoms. The molecule has 0 saturated heterocycles. The summed E-state index contributed by atoms with van der Waals surface area (Å²) < 4.78 is 0. The van der Waals surface area contributed by atoms with Crippen LogP contribution in [0.25, 0.3) is 0 Å². The van der Waals surface area contributed by atoms with Crippen molar-refractivity contribution in [2.75, 3.05) is 0 Å². The molecule has 2 rings (SSSR count). The minimum Gasteiger partial charge on any atom is -0.392 e. The molecule has 108 valence electrons. The Morgan fingerprint density at radius 2 is 1.68 bits per heavy atom. The highest BCUT2D eigenvalue weighted by Crippen LogP contribution is 2.53. The molecule has 0 heterocycles. The molecule has 2 atom stereocenters. The molecule has 1 unspecified atom stereocenters. The zero-order valence-electron chi connectivity index (χ0n) is 13.7. The van der Waals surface area contributed by atoms with Gasteiger partial charge in [0, 0.05) is 5.41 Å². The average molecular weight is 262 g/mol. The summed E-state index contributed by atoms with van der Waals surface area (Å²) in [7, 11) is 0. The molecule has 0 saturated carbocycles. The second-order valence-corrected chi connectivity index (χ2v) is 8.51. The number of hydrogen-bond acceptors (Lipinski definition) is 1. The smallest absolute Gasteiger partial charge is 0.0679 e. The molecule has 0 aromatic heterocycles. The molecule has 0 bridgehead atoms. The van der Waals surface area contributed by atoms with Crippen LogP contribution in [0.2, 0.25) is 0 Å². The third-order valence-corrected chi connectivity index (χ3v) is 5.66. The van der Waals surface area contributed by atoms with Gasteiger partial charge in [-0.2, -0.15) is 0 Å². The van der Waals surface area contributed by atoms with Crippen LogP contribution in [0.15, 0.2) is 23.3 Å². The molecule has 0 aliphatic heterocycles. The Labute approximate surface area is 118 Å². The van der Waals surface area contributed by atoms with Crippen LogP contribution in [-0.4, -0.2) is 11.2 Å². The van der Waals surface area contributed by atoms with Crippen LogP contribution in [0.3, 0.4) is 0 Å². The molecular weight excluding hydrogens is 232 g/mol. The zero-order chi connectivity index (χ0) is 14.6. The Hall–Kier alpha value is -0.560. The fourth-order valence-corrected chi connectivity index (χ4v) is 4.20. The van der Waals surface area contributed by atoms with Crippen molar-refractivity contribution in [3.8, 4) is 0 Å². The number of hydrogen-bond donors (Lipinski definition) is 1. The van der Waals surface area contributed by atoms with Gasteiger partial charge in [-0.1, -0.05) is 64.8 Å². The van der Waals surface area contributed by atoms with E-state index in [4.69, 9.17) is 0 Å². The van der Waals surface area contributed by atoms with E-state index in [-0.39, 0.29) is 22.3 Å². The van der Waals surface area contributed by atoms with Crippen LogP contribution < -0.4 is 0 Å². The summed E-state index contributed by atoms with van der Waals surface area (Å²) in [6.45, 7) is 15.7. The van der Waals surface area contributed by atoms with Crippen molar-refractivity contribution >= 4 is 0 Å². The van der Waals surface area contributed by atoms with Crippen molar-refractivity contribution in [2.45, 2.75) is 67.4 Å². The van der Waals surface area contributed by atoms with Crippen LogP contribution in [0, 0.1) is 22.2 Å². The molecule has 0 amide bonds. The fourth-order valence-electron chi connectivity index (χ4n) is 4.20. The van der Waals surface area contributed by atoms with Crippen LogP contribution >= 0.6 is 0 Å². The fraction of sp³-hybridized carbons (Fsp3) is 0.778. The number of allylic oxidation sites excluding steroid dienone is 3. The molecule has 0 fully saturated rings. The molecule has 0 spiro atoms. The van der Waals surface area contributed by atoms with Crippen molar-refractivity contribution in [2.24, 2.45) is 22.2 Å². The maximum absolute atomic E-state index is 10.5. The molecule has 0 aromatic carbocycles. The summed E-state index contributed by atoms with van der Waals surface area (Å²) in [6, 6.07) is 0. The molecule has 1 heteroatoms. The summed E-state index contributed by atoms with van der Waals surface area (Å²) in [5.74, 6) is 0.610. The maximum Gasteiger partial charge on any atom is 0.0679 e. The Bertz CT molecular complexity index is 435. The monoisotopic (exact) mass is 262 g/mol. The van der Waals surface area contributed by atoms with E-state index in [2.05, 4.69) is 60.6 Å². The average Bonchev–Trinajstić information content (AvgIpc) is 2.50. The molecule has 0 radical (unpaired) electrons. The topological polar surface area (TPSA) is 20.2 Å². The molecular formula is C18H30O. The SMILES string of the molecule is CC1=CC[C@@H](C2=CC(C)(C)C(O)C(C)(C)C2)C1(C)C. The van der Waals surface area contributed by atoms with Crippen LogP contribution in [0.4, 0.5) is 0 Å². The lowest BCUT2D eigenvalue weighted by Gasteiger charge is -2.47. The van der Waals surface area contributed by atoms with Crippen molar-refractivity contribution < 1.29 is 5.11 Å². The molecule has 2 aliphatic carbocycles. The van der Waals surface area contributed by atoms with Crippen molar-refractivity contribution in [1.29, 1.82) is 0 Å². The van der Waals surface area contributed by atoms with Crippen molar-refractivity contribution in [1.82, 2.24) is 0 Å². The van der Waals surface area contributed by atoms with Gasteiger partial charge in [-0.05, 0) is 36.5 Å². The van der Waals surface area contributed by atoms with Gasteiger partial charge in [0.25, 0.3) is 0 Å². The minimum absolute atomic E-state index is 0.0276. The van der Waals surface area contributed by atoms with Gasteiger partial charge >= 0.3 is 0 Å². The van der Waals surface area contributed by atoms with E-state index in [1.807, 2.05) is 0 Å². The van der Waals surface area contributed by atoms with E-state index in [9.17, 15) is 5.11 Å². The first kappa shape index (κ1) is 14.8. The summed E-state index contributed by atoms with van der Waals surface area (Å²) in [5, 5.41) is 10.5. The van der Waals surface area contributed by atoms with Gasteiger partial charge in [0.15, 0.2) is 0 Å². The third-order valence-electron chi connectivity index (χ3n) is 5.66. The van der Waals surface area contributed by atoms with Crippen LogP contribution in [0.1, 0.15) is 61.3 Å². The predicted molar refractivity (Wildman–Crippen MR) is 81.9 cm³/mol. The van der Waals surface area contributed by atoms with E-state index in [1.165, 1.54) is 5.57 Å². The van der Waals surface area contributed by atoms with Crippen molar-refractivity contribution in [3.05, 3.63) is 23.3 Å². The maximum atomic E-state index is 10.5. The highest BCUT2D eigenvalue weighted by Gasteiger charge is 2.46. The van der Waals surface area contributed by atoms with Gasteiger partial charge in [-0.3, -0.25) is 0 Å². The summed E-state index contributed by atoms with van der Waals surface area (Å²) >= 11 is 0. The highest BCUT2D eigenvalue weighted by atomic mass is 16.3. The molecule has 2 aliphatic rings. The lowest BCUT2D eigenvalue weighted by molar-refractivity contribution is -0.0309. The van der Waals surface area contributed by atoms with E-state index < -0.39 is 0 Å². The lowest BCUT2D eigenvalue weighted by Crippen LogP contribution is -2.45. The standard InChI is InChI=1S/C18H30O/c1-12-8-9-14(18(12,6)7)13-10-16(2,3)15(19)17(4,5)11-13/h8,10,14-15,19H,9,11H2,1-7H3/t14-,15?/m0/s1. The Kier molecular flexibility index (Phi) is 3.29. The number of rotatable bonds is 1. The first-order chi connectivity index (χ1) is 8.48. The molecule has 1 N–H and O–H groups in total. The van der Waals surface area contributed by atoms with E-state index in [1.54, 1.807) is 5.57 Å². The molecule has 0 aromatic rings. The number of aliphatic hydroxyl groups excluding tert-OH is 1. The van der Waals surface area contributed by atoms with E-state index in [0.717, 1.165) is 12.8 Å². The summed E-state index contributed by atoms with van der Waals surface area (Å²) in [6.07, 6.45) is 6.68. The van der Waals surface area contributed by atoms with Crippen LogP contribution in [-0.2, 0) is 0 Å². The van der Waals surface area contributed by atoms with Gasteiger partial charge in [-0.25, -0.2) is 0 Å². The van der Waals surface area contributed by atoms with E-state index in [0.29, 0.717) is 5.92 Å². The van der Waals surface area contributed by atoms with Crippen LogP contribution in [0.5, 0.6) is 0 Å². The normalized spacial score (nSPS) is 35.8. The third kappa shape index (κ3) is 2.31. The van der Waals surface area contributed by atoms with Gasteiger partial charge < -0.3 is 5.11 Å². The summed E-state index contributed by atoms with van der Waals surface area (Å²) in [4.78, 5) is 0. The Balaban J connectivity index is 2.37. The van der Waals surface area contributed by atoms with Crippen molar-refractivity contribution in [3.63, 3.8) is 0 Å². The first-order valence-electron chi connectivity index (χ1n) is 7.55. The summed E-state index contributed by atoms with van der Waals surface area (Å²) in [5.41, 5.74) is 3.18. The number of aliphatic hydroxyl groups is 1. The predicted octanol–water partition coefficient (Wildman–Crippen LogP) is 4.72. The lowest BCUT2D eigenvalue weighted by atomic mass is 9.60. The highest BCUT2D eigenvalue weighted by molar-refractivity contribution is 5.31. The van der Waals surface area contributed by atoms with Gasteiger partial charge in [0.2, 0.25) is 0 Å². The van der Waals surface area contributed by atoms with E-state index >= 15 is 0 Å². The van der Waals surface area contributed by atoms with Gasteiger partial charge in [0.05, 0.1) is 6.10 Å². The first-order valence-corrected chi connectivity index (χ1v) is 7.55. The molecule has 1 nitrogen and oxygen atoms in total. The van der Waals surface area contributed by atoms with Gasteiger partial charge in [0.1, 0.15) is 0 Å². The second kappa shape index (κ2) is 4.22.